The number of rotatable bonds is 7. The molecule has 1 aliphatic carbocycles. The molecular formula is C15H31NO2S. The molecule has 0 aromatic rings. The van der Waals surface area contributed by atoms with Gasteiger partial charge in [0.2, 0.25) is 0 Å². The van der Waals surface area contributed by atoms with Crippen molar-refractivity contribution in [2.24, 2.45) is 11.8 Å². The van der Waals surface area contributed by atoms with Crippen LogP contribution in [-0.4, -0.2) is 32.5 Å². The molecule has 0 heterocycles. The molecule has 0 aromatic carbocycles. The second kappa shape index (κ2) is 7.63. The van der Waals surface area contributed by atoms with Crippen LogP contribution in [-0.2, 0) is 9.84 Å². The Labute approximate surface area is 119 Å². The van der Waals surface area contributed by atoms with Gasteiger partial charge >= 0.3 is 0 Å². The van der Waals surface area contributed by atoms with Gasteiger partial charge in [0.15, 0.2) is 9.84 Å². The maximum atomic E-state index is 11.9. The quantitative estimate of drug-likeness (QED) is 0.783. The van der Waals surface area contributed by atoms with Crippen LogP contribution in [0.3, 0.4) is 0 Å². The Bertz CT molecular complexity index is 353. The van der Waals surface area contributed by atoms with E-state index in [-0.39, 0.29) is 11.3 Å². The third kappa shape index (κ3) is 5.07. The highest BCUT2D eigenvalue weighted by Crippen LogP contribution is 2.34. The molecule has 1 aliphatic rings. The summed E-state index contributed by atoms with van der Waals surface area (Å²) in [4.78, 5) is 0. The number of hydrogen-bond acceptors (Lipinski definition) is 3. The van der Waals surface area contributed by atoms with Crippen molar-refractivity contribution in [2.75, 3.05) is 12.8 Å². The summed E-state index contributed by atoms with van der Waals surface area (Å²) in [5, 5.41) is 3.23. The van der Waals surface area contributed by atoms with Crippen molar-refractivity contribution in [3.05, 3.63) is 0 Å². The Balaban J connectivity index is 2.77. The first kappa shape index (κ1) is 17.0. The number of hydrogen-bond donors (Lipinski definition) is 1. The highest BCUT2D eigenvalue weighted by atomic mass is 32.2. The normalized spacial score (nSPS) is 28.0. The molecule has 4 atom stereocenters. The molecule has 0 aromatic heterocycles. The van der Waals surface area contributed by atoms with Gasteiger partial charge < -0.3 is 5.32 Å². The Morgan fingerprint density at radius 2 is 1.95 bits per heavy atom. The van der Waals surface area contributed by atoms with Crippen LogP contribution in [0.5, 0.6) is 0 Å². The summed E-state index contributed by atoms with van der Waals surface area (Å²) < 4.78 is 23.8. The summed E-state index contributed by atoms with van der Waals surface area (Å²) in [7, 11) is -2.97. The smallest absolute Gasteiger partial charge is 0.151 e. The van der Waals surface area contributed by atoms with E-state index >= 15 is 0 Å². The molecule has 0 bridgehead atoms. The summed E-state index contributed by atoms with van der Waals surface area (Å²) >= 11 is 0. The van der Waals surface area contributed by atoms with Crippen LogP contribution in [0.4, 0.5) is 0 Å². The van der Waals surface area contributed by atoms with E-state index in [0.29, 0.717) is 5.92 Å². The zero-order valence-electron chi connectivity index (χ0n) is 13.0. The summed E-state index contributed by atoms with van der Waals surface area (Å²) in [5.74, 6) is 1.31. The Kier molecular flexibility index (Phi) is 6.81. The second-order valence-corrected chi connectivity index (χ2v) is 8.62. The van der Waals surface area contributed by atoms with Gasteiger partial charge in [0.1, 0.15) is 0 Å². The molecule has 1 fully saturated rings. The third-order valence-electron chi connectivity index (χ3n) is 4.72. The van der Waals surface area contributed by atoms with Crippen LogP contribution >= 0.6 is 0 Å². The first-order valence-electron chi connectivity index (χ1n) is 7.82. The highest BCUT2D eigenvalue weighted by Gasteiger charge is 2.34. The lowest BCUT2D eigenvalue weighted by Gasteiger charge is -2.37. The van der Waals surface area contributed by atoms with Crippen LogP contribution in [0.15, 0.2) is 0 Å². The van der Waals surface area contributed by atoms with Crippen LogP contribution in [0.1, 0.15) is 59.3 Å². The molecule has 1 N–H and O–H groups in total. The minimum absolute atomic E-state index is 0.129. The minimum atomic E-state index is -2.97. The molecule has 0 aliphatic heterocycles. The van der Waals surface area contributed by atoms with E-state index in [1.807, 2.05) is 6.92 Å². The van der Waals surface area contributed by atoms with E-state index in [1.165, 1.54) is 38.4 Å². The Morgan fingerprint density at radius 3 is 2.47 bits per heavy atom. The van der Waals surface area contributed by atoms with Crippen molar-refractivity contribution in [2.45, 2.75) is 70.6 Å². The van der Waals surface area contributed by atoms with Crippen molar-refractivity contribution >= 4 is 9.84 Å². The van der Waals surface area contributed by atoms with E-state index in [4.69, 9.17) is 0 Å². The van der Waals surface area contributed by atoms with Crippen molar-refractivity contribution < 1.29 is 8.42 Å². The Morgan fingerprint density at radius 1 is 1.26 bits per heavy atom. The fourth-order valence-electron chi connectivity index (χ4n) is 3.32. The van der Waals surface area contributed by atoms with E-state index in [2.05, 4.69) is 19.2 Å². The SMILES string of the molecule is CCCNC(C1CCCC(CC)C1)C(C)S(C)(=O)=O. The monoisotopic (exact) mass is 289 g/mol. The average molecular weight is 289 g/mol. The number of nitrogens with one attached hydrogen (secondary N) is 1. The fourth-order valence-corrected chi connectivity index (χ4v) is 4.17. The van der Waals surface area contributed by atoms with Gasteiger partial charge in [-0.3, -0.25) is 0 Å². The molecule has 19 heavy (non-hydrogen) atoms. The van der Waals surface area contributed by atoms with Gasteiger partial charge in [-0.25, -0.2) is 8.42 Å². The summed E-state index contributed by atoms with van der Waals surface area (Å²) in [5.41, 5.74) is 0. The lowest BCUT2D eigenvalue weighted by Crippen LogP contribution is -2.48. The fraction of sp³-hybridized carbons (Fsp3) is 1.00. The Hall–Kier alpha value is -0.0900. The minimum Gasteiger partial charge on any atom is -0.312 e. The lowest BCUT2D eigenvalue weighted by molar-refractivity contribution is 0.206. The van der Waals surface area contributed by atoms with Crippen molar-refractivity contribution in [1.82, 2.24) is 5.32 Å². The van der Waals surface area contributed by atoms with Crippen LogP contribution in [0, 0.1) is 11.8 Å². The van der Waals surface area contributed by atoms with Gasteiger partial charge in [0.25, 0.3) is 0 Å². The molecule has 114 valence electrons. The maximum absolute atomic E-state index is 11.9. The molecule has 0 radical (unpaired) electrons. The molecule has 4 unspecified atom stereocenters. The summed E-state index contributed by atoms with van der Waals surface area (Å²) in [6.45, 7) is 7.17. The van der Waals surface area contributed by atoms with E-state index in [1.54, 1.807) is 0 Å². The van der Waals surface area contributed by atoms with Crippen molar-refractivity contribution in [3.8, 4) is 0 Å². The number of sulfone groups is 1. The third-order valence-corrected chi connectivity index (χ3v) is 6.36. The van der Waals surface area contributed by atoms with E-state index in [9.17, 15) is 8.42 Å². The molecule has 0 saturated heterocycles. The van der Waals surface area contributed by atoms with Gasteiger partial charge in [0, 0.05) is 12.3 Å². The molecule has 0 amide bonds. The van der Waals surface area contributed by atoms with Crippen LogP contribution in [0.2, 0.25) is 0 Å². The van der Waals surface area contributed by atoms with Crippen molar-refractivity contribution in [1.29, 1.82) is 0 Å². The van der Waals surface area contributed by atoms with Gasteiger partial charge in [-0.2, -0.15) is 0 Å². The maximum Gasteiger partial charge on any atom is 0.151 e. The first-order chi connectivity index (χ1) is 8.90. The summed E-state index contributed by atoms with van der Waals surface area (Å²) in [6, 6.07) is 0.129. The van der Waals surface area contributed by atoms with Gasteiger partial charge in [-0.15, -0.1) is 0 Å². The zero-order valence-corrected chi connectivity index (χ0v) is 13.8. The molecule has 3 nitrogen and oxygen atoms in total. The predicted molar refractivity (Wildman–Crippen MR) is 82.1 cm³/mol. The van der Waals surface area contributed by atoms with Gasteiger partial charge in [0.05, 0.1) is 5.25 Å². The second-order valence-electron chi connectivity index (χ2n) is 6.22. The van der Waals surface area contributed by atoms with E-state index in [0.717, 1.165) is 18.9 Å². The molecule has 1 saturated carbocycles. The average Bonchev–Trinajstić information content (AvgIpc) is 2.38. The molecule has 0 spiro atoms. The van der Waals surface area contributed by atoms with E-state index < -0.39 is 9.84 Å². The topological polar surface area (TPSA) is 46.2 Å². The highest BCUT2D eigenvalue weighted by molar-refractivity contribution is 7.91. The molecular weight excluding hydrogens is 258 g/mol. The van der Waals surface area contributed by atoms with Crippen LogP contribution in [0.25, 0.3) is 0 Å². The van der Waals surface area contributed by atoms with Gasteiger partial charge in [-0.05, 0) is 44.6 Å². The lowest BCUT2D eigenvalue weighted by atomic mass is 9.76. The van der Waals surface area contributed by atoms with Gasteiger partial charge in [-0.1, -0.05) is 33.1 Å². The van der Waals surface area contributed by atoms with Crippen LogP contribution < -0.4 is 5.32 Å². The zero-order chi connectivity index (χ0) is 14.5. The standard InChI is InChI=1S/C15H31NO2S/c1-5-10-16-15(12(3)19(4,17)18)14-9-7-8-13(6-2)11-14/h12-16H,5-11H2,1-4H3. The van der Waals surface area contributed by atoms with Crippen molar-refractivity contribution in [3.63, 3.8) is 0 Å². The first-order valence-corrected chi connectivity index (χ1v) is 9.77. The summed E-state index contributed by atoms with van der Waals surface area (Å²) in [6.07, 6.45) is 8.60. The predicted octanol–water partition coefficient (Wildman–Crippen LogP) is 3.00. The molecule has 1 rings (SSSR count). The molecule has 4 heteroatoms. The largest absolute Gasteiger partial charge is 0.312 e.